The first-order valence-electron chi connectivity index (χ1n) is 10.0. The third kappa shape index (κ3) is 5.23. The van der Waals surface area contributed by atoms with Crippen LogP contribution in [0, 0.1) is 0 Å². The number of hydrogen-bond acceptors (Lipinski definition) is 4. The summed E-state index contributed by atoms with van der Waals surface area (Å²) in [5.41, 5.74) is 1.68. The predicted molar refractivity (Wildman–Crippen MR) is 116 cm³/mol. The summed E-state index contributed by atoms with van der Waals surface area (Å²) >= 11 is 0. The van der Waals surface area contributed by atoms with E-state index in [1.807, 2.05) is 74.5 Å². The second-order valence-electron chi connectivity index (χ2n) is 7.27. The van der Waals surface area contributed by atoms with Gasteiger partial charge in [-0.3, -0.25) is 9.69 Å². The van der Waals surface area contributed by atoms with Gasteiger partial charge in [-0.1, -0.05) is 48.5 Å². The highest BCUT2D eigenvalue weighted by atomic mass is 32.2. The van der Waals surface area contributed by atoms with E-state index in [2.05, 4.69) is 4.90 Å². The molecule has 156 valence electrons. The lowest BCUT2D eigenvalue weighted by molar-refractivity contribution is -0.123. The van der Waals surface area contributed by atoms with Gasteiger partial charge in [-0.2, -0.15) is 4.31 Å². The second kappa shape index (κ2) is 9.52. The van der Waals surface area contributed by atoms with Gasteiger partial charge in [0.1, 0.15) is 0 Å². The Labute approximate surface area is 173 Å². The maximum Gasteiger partial charge on any atom is 0.244 e. The summed E-state index contributed by atoms with van der Waals surface area (Å²) in [6.45, 7) is 6.38. The van der Waals surface area contributed by atoms with Gasteiger partial charge in [0, 0.05) is 38.4 Å². The SMILES string of the molecule is CCN(C(=O)[C@H](C)N1CCN(S(=O)(=O)Cc2ccccc2)CC1)c1ccccc1. The Hall–Kier alpha value is -2.22. The summed E-state index contributed by atoms with van der Waals surface area (Å²) in [5, 5.41) is 0. The van der Waals surface area contributed by atoms with Gasteiger partial charge in [0.15, 0.2) is 0 Å². The van der Waals surface area contributed by atoms with Crippen LogP contribution < -0.4 is 4.90 Å². The predicted octanol–water partition coefficient (Wildman–Crippen LogP) is 2.58. The number of benzene rings is 2. The van der Waals surface area contributed by atoms with Gasteiger partial charge >= 0.3 is 0 Å². The molecule has 0 aliphatic carbocycles. The molecule has 6 nitrogen and oxygen atoms in total. The van der Waals surface area contributed by atoms with E-state index in [-0.39, 0.29) is 17.7 Å². The second-order valence-corrected chi connectivity index (χ2v) is 9.24. The molecule has 1 aliphatic heterocycles. The summed E-state index contributed by atoms with van der Waals surface area (Å²) in [5.74, 6) is 0.0548. The summed E-state index contributed by atoms with van der Waals surface area (Å²) in [4.78, 5) is 16.9. The third-order valence-corrected chi connectivity index (χ3v) is 7.26. The van der Waals surface area contributed by atoms with Crippen LogP contribution in [0.3, 0.4) is 0 Å². The molecule has 0 unspecified atom stereocenters. The van der Waals surface area contributed by atoms with Crippen LogP contribution in [-0.2, 0) is 20.6 Å². The van der Waals surface area contributed by atoms with E-state index in [0.717, 1.165) is 11.3 Å². The minimum absolute atomic E-state index is 0.0138. The van der Waals surface area contributed by atoms with Gasteiger partial charge in [-0.25, -0.2) is 8.42 Å². The number of nitrogens with zero attached hydrogens (tertiary/aromatic N) is 3. The molecule has 0 aromatic heterocycles. The molecule has 1 saturated heterocycles. The fourth-order valence-electron chi connectivity index (χ4n) is 3.70. The number of sulfonamides is 1. The van der Waals surface area contributed by atoms with Crippen molar-refractivity contribution in [2.75, 3.05) is 37.6 Å². The van der Waals surface area contributed by atoms with Crippen molar-refractivity contribution in [3.8, 4) is 0 Å². The fraction of sp³-hybridized carbons (Fsp3) is 0.409. The van der Waals surface area contributed by atoms with E-state index >= 15 is 0 Å². The Morgan fingerprint density at radius 2 is 1.52 bits per heavy atom. The molecule has 1 atom stereocenters. The van der Waals surface area contributed by atoms with Crippen molar-refractivity contribution < 1.29 is 13.2 Å². The lowest BCUT2D eigenvalue weighted by Crippen LogP contribution is -2.55. The highest BCUT2D eigenvalue weighted by molar-refractivity contribution is 7.88. The number of carbonyl (C=O) groups is 1. The van der Waals surface area contributed by atoms with Crippen molar-refractivity contribution in [2.45, 2.75) is 25.6 Å². The molecule has 2 aromatic carbocycles. The first-order valence-corrected chi connectivity index (χ1v) is 11.7. The number of piperazine rings is 1. The Kier molecular flexibility index (Phi) is 7.05. The highest BCUT2D eigenvalue weighted by Gasteiger charge is 2.32. The molecular weight excluding hydrogens is 386 g/mol. The maximum absolute atomic E-state index is 13.0. The van der Waals surface area contributed by atoms with Gasteiger partial charge < -0.3 is 4.90 Å². The lowest BCUT2D eigenvalue weighted by atomic mass is 10.2. The van der Waals surface area contributed by atoms with Crippen LogP contribution in [0.1, 0.15) is 19.4 Å². The molecule has 29 heavy (non-hydrogen) atoms. The Balaban J connectivity index is 1.60. The van der Waals surface area contributed by atoms with Crippen LogP contribution >= 0.6 is 0 Å². The summed E-state index contributed by atoms with van der Waals surface area (Å²) in [6.07, 6.45) is 0. The van der Waals surface area contributed by atoms with Gasteiger partial charge in [-0.05, 0) is 31.5 Å². The number of anilines is 1. The number of carbonyl (C=O) groups excluding carboxylic acids is 1. The van der Waals surface area contributed by atoms with Crippen LogP contribution in [0.5, 0.6) is 0 Å². The molecule has 0 N–H and O–H groups in total. The van der Waals surface area contributed by atoms with E-state index in [4.69, 9.17) is 0 Å². The molecule has 7 heteroatoms. The molecular formula is C22H29N3O3S. The zero-order valence-corrected chi connectivity index (χ0v) is 17.9. The van der Waals surface area contributed by atoms with E-state index < -0.39 is 10.0 Å². The quantitative estimate of drug-likeness (QED) is 0.697. The monoisotopic (exact) mass is 415 g/mol. The van der Waals surface area contributed by atoms with E-state index in [1.165, 1.54) is 0 Å². The maximum atomic E-state index is 13.0. The van der Waals surface area contributed by atoms with Crippen molar-refractivity contribution in [3.05, 3.63) is 66.2 Å². The van der Waals surface area contributed by atoms with Crippen molar-refractivity contribution in [3.63, 3.8) is 0 Å². The standard InChI is InChI=1S/C22H29N3O3S/c1-3-25(21-12-8-5-9-13-21)22(26)19(2)23-14-16-24(17-15-23)29(27,28)18-20-10-6-4-7-11-20/h4-13,19H,3,14-18H2,1-2H3/t19-/m0/s1. The largest absolute Gasteiger partial charge is 0.311 e. The summed E-state index contributed by atoms with van der Waals surface area (Å²) in [7, 11) is -3.36. The van der Waals surface area contributed by atoms with Crippen molar-refractivity contribution in [2.24, 2.45) is 0 Å². The molecule has 0 bridgehead atoms. The molecule has 0 saturated carbocycles. The number of likely N-dealkylation sites (N-methyl/N-ethyl adjacent to an activating group) is 1. The molecule has 2 aromatic rings. The van der Waals surface area contributed by atoms with E-state index in [1.54, 1.807) is 9.21 Å². The number of para-hydroxylation sites is 1. The molecule has 1 amide bonds. The van der Waals surface area contributed by atoms with Gasteiger partial charge in [-0.15, -0.1) is 0 Å². The molecule has 3 rings (SSSR count). The number of hydrogen-bond donors (Lipinski definition) is 0. The Morgan fingerprint density at radius 1 is 0.966 bits per heavy atom. The van der Waals surface area contributed by atoms with Gasteiger partial charge in [0.25, 0.3) is 0 Å². The fourth-order valence-corrected chi connectivity index (χ4v) is 5.22. The van der Waals surface area contributed by atoms with E-state index in [9.17, 15) is 13.2 Å². The molecule has 1 fully saturated rings. The van der Waals surface area contributed by atoms with Crippen molar-refractivity contribution in [1.82, 2.24) is 9.21 Å². The molecule has 1 aliphatic rings. The van der Waals surface area contributed by atoms with Crippen LogP contribution in [0.25, 0.3) is 0 Å². The first-order chi connectivity index (χ1) is 13.9. The number of rotatable bonds is 7. The third-order valence-electron chi connectivity index (χ3n) is 5.41. The van der Waals surface area contributed by atoms with Crippen molar-refractivity contribution >= 4 is 21.6 Å². The average molecular weight is 416 g/mol. The van der Waals surface area contributed by atoms with Crippen LogP contribution in [0.15, 0.2) is 60.7 Å². The Bertz CT molecular complexity index is 895. The molecule has 1 heterocycles. The minimum Gasteiger partial charge on any atom is -0.311 e. The van der Waals surface area contributed by atoms with E-state index in [0.29, 0.717) is 32.7 Å². The number of amides is 1. The summed E-state index contributed by atoms with van der Waals surface area (Å²) in [6, 6.07) is 18.6. The smallest absolute Gasteiger partial charge is 0.244 e. The minimum atomic E-state index is -3.36. The zero-order valence-electron chi connectivity index (χ0n) is 17.1. The summed E-state index contributed by atoms with van der Waals surface area (Å²) < 4.78 is 27.0. The average Bonchev–Trinajstić information content (AvgIpc) is 2.75. The van der Waals surface area contributed by atoms with Gasteiger partial charge in [0.05, 0.1) is 11.8 Å². The molecule has 0 spiro atoms. The van der Waals surface area contributed by atoms with Gasteiger partial charge in [0.2, 0.25) is 15.9 Å². The topological polar surface area (TPSA) is 60.9 Å². The lowest BCUT2D eigenvalue weighted by Gasteiger charge is -2.38. The Morgan fingerprint density at radius 3 is 2.07 bits per heavy atom. The molecule has 0 radical (unpaired) electrons. The normalized spacial score (nSPS) is 17.0. The first kappa shape index (κ1) is 21.5. The van der Waals surface area contributed by atoms with Crippen LogP contribution in [0.2, 0.25) is 0 Å². The highest BCUT2D eigenvalue weighted by Crippen LogP contribution is 2.19. The van der Waals surface area contributed by atoms with Crippen molar-refractivity contribution in [1.29, 1.82) is 0 Å². The zero-order chi connectivity index (χ0) is 20.9. The van der Waals surface area contributed by atoms with Crippen LogP contribution in [0.4, 0.5) is 5.69 Å². The van der Waals surface area contributed by atoms with Crippen LogP contribution in [-0.4, -0.2) is 62.3 Å².